The van der Waals surface area contributed by atoms with Gasteiger partial charge in [0.15, 0.2) is 0 Å². The molecule has 20 heavy (non-hydrogen) atoms. The highest BCUT2D eigenvalue weighted by Gasteiger charge is 2.40. The summed E-state index contributed by atoms with van der Waals surface area (Å²) < 4.78 is 53.5. The highest BCUT2D eigenvalue weighted by Crippen LogP contribution is 2.23. The van der Waals surface area contributed by atoms with E-state index in [9.17, 15) is 17.6 Å². The van der Waals surface area contributed by atoms with Crippen LogP contribution < -0.4 is 5.32 Å². The molecule has 0 aliphatic heterocycles. The second-order valence-corrected chi connectivity index (χ2v) is 4.75. The second kappa shape index (κ2) is 7.54. The SMILES string of the molecule is CC(C)NCc1ccc(COCC(F)(F)C(F)F)nc1. The van der Waals surface area contributed by atoms with Gasteiger partial charge in [-0.3, -0.25) is 4.98 Å². The Hall–Kier alpha value is -1.21. The highest BCUT2D eigenvalue weighted by molar-refractivity contribution is 5.13. The lowest BCUT2D eigenvalue weighted by atomic mass is 10.2. The van der Waals surface area contributed by atoms with E-state index < -0.39 is 19.0 Å². The number of aromatic nitrogens is 1. The van der Waals surface area contributed by atoms with Gasteiger partial charge in [-0.2, -0.15) is 8.78 Å². The van der Waals surface area contributed by atoms with E-state index in [1.165, 1.54) is 0 Å². The highest BCUT2D eigenvalue weighted by atomic mass is 19.3. The van der Waals surface area contributed by atoms with Crippen LogP contribution in [0.15, 0.2) is 18.3 Å². The fourth-order valence-corrected chi connectivity index (χ4v) is 1.32. The molecule has 1 rings (SSSR count). The molecule has 0 radical (unpaired) electrons. The summed E-state index contributed by atoms with van der Waals surface area (Å²) in [5.74, 6) is -4.12. The summed E-state index contributed by atoms with van der Waals surface area (Å²) >= 11 is 0. The molecule has 0 saturated carbocycles. The minimum atomic E-state index is -4.12. The monoisotopic (exact) mass is 294 g/mol. The summed E-state index contributed by atoms with van der Waals surface area (Å²) in [6.07, 6.45) is -2.13. The molecule has 1 aromatic rings. The average molecular weight is 294 g/mol. The summed E-state index contributed by atoms with van der Waals surface area (Å²) in [7, 11) is 0. The van der Waals surface area contributed by atoms with Crippen molar-refractivity contribution < 1.29 is 22.3 Å². The van der Waals surface area contributed by atoms with Gasteiger partial charge < -0.3 is 10.1 Å². The minimum Gasteiger partial charge on any atom is -0.369 e. The normalized spacial score (nSPS) is 12.4. The van der Waals surface area contributed by atoms with Gasteiger partial charge in [0, 0.05) is 18.8 Å². The summed E-state index contributed by atoms with van der Waals surface area (Å²) in [6, 6.07) is 3.75. The van der Waals surface area contributed by atoms with E-state index in [1.807, 2.05) is 13.8 Å². The molecular weight excluding hydrogens is 276 g/mol. The van der Waals surface area contributed by atoms with Crippen molar-refractivity contribution in [3.8, 4) is 0 Å². The first-order valence-corrected chi connectivity index (χ1v) is 6.22. The molecule has 0 bridgehead atoms. The van der Waals surface area contributed by atoms with Crippen LogP contribution in [0, 0.1) is 0 Å². The Morgan fingerprint density at radius 2 is 2.00 bits per heavy atom. The number of pyridine rings is 1. The number of nitrogens with zero attached hydrogens (tertiary/aromatic N) is 1. The molecule has 0 atom stereocenters. The van der Waals surface area contributed by atoms with Crippen molar-refractivity contribution in [2.75, 3.05) is 6.61 Å². The van der Waals surface area contributed by atoms with Gasteiger partial charge in [0.25, 0.3) is 0 Å². The number of nitrogens with one attached hydrogen (secondary N) is 1. The van der Waals surface area contributed by atoms with Crippen LogP contribution >= 0.6 is 0 Å². The van der Waals surface area contributed by atoms with E-state index in [4.69, 9.17) is 0 Å². The molecule has 3 nitrogen and oxygen atoms in total. The van der Waals surface area contributed by atoms with E-state index in [0.717, 1.165) is 5.56 Å². The number of hydrogen-bond acceptors (Lipinski definition) is 3. The minimum absolute atomic E-state index is 0.222. The maximum atomic E-state index is 12.6. The Kier molecular flexibility index (Phi) is 6.35. The van der Waals surface area contributed by atoms with Gasteiger partial charge in [-0.15, -0.1) is 0 Å². The Morgan fingerprint density at radius 3 is 2.50 bits per heavy atom. The first-order chi connectivity index (χ1) is 9.31. The van der Waals surface area contributed by atoms with Gasteiger partial charge in [-0.05, 0) is 11.6 Å². The van der Waals surface area contributed by atoms with Gasteiger partial charge in [0.05, 0.1) is 12.3 Å². The van der Waals surface area contributed by atoms with Gasteiger partial charge in [-0.25, -0.2) is 8.78 Å². The largest absolute Gasteiger partial charge is 0.369 e. The van der Waals surface area contributed by atoms with Crippen LogP contribution in [0.1, 0.15) is 25.1 Å². The molecule has 0 aliphatic carbocycles. The van der Waals surface area contributed by atoms with Crippen molar-refractivity contribution in [3.63, 3.8) is 0 Å². The number of rotatable bonds is 8. The lowest BCUT2D eigenvalue weighted by molar-refractivity contribution is -0.168. The quantitative estimate of drug-likeness (QED) is 0.748. The third-order valence-electron chi connectivity index (χ3n) is 2.46. The maximum Gasteiger partial charge on any atom is 0.330 e. The van der Waals surface area contributed by atoms with Crippen molar-refractivity contribution in [1.82, 2.24) is 10.3 Å². The van der Waals surface area contributed by atoms with Gasteiger partial charge in [-0.1, -0.05) is 19.9 Å². The number of alkyl halides is 4. The zero-order valence-corrected chi connectivity index (χ0v) is 11.4. The average Bonchev–Trinajstić information content (AvgIpc) is 2.37. The van der Waals surface area contributed by atoms with E-state index in [-0.39, 0.29) is 6.61 Å². The van der Waals surface area contributed by atoms with E-state index in [0.29, 0.717) is 18.3 Å². The van der Waals surface area contributed by atoms with E-state index >= 15 is 0 Å². The Labute approximate surface area is 115 Å². The van der Waals surface area contributed by atoms with Crippen LogP contribution in [-0.4, -0.2) is 30.0 Å². The molecule has 0 fully saturated rings. The summed E-state index contributed by atoms with van der Waals surface area (Å²) in [5, 5.41) is 3.20. The van der Waals surface area contributed by atoms with Crippen LogP contribution in [0.4, 0.5) is 17.6 Å². The molecule has 0 saturated heterocycles. The zero-order valence-electron chi connectivity index (χ0n) is 11.4. The van der Waals surface area contributed by atoms with Crippen molar-refractivity contribution in [1.29, 1.82) is 0 Å². The summed E-state index contributed by atoms with van der Waals surface area (Å²) in [4.78, 5) is 4.02. The summed E-state index contributed by atoms with van der Waals surface area (Å²) in [5.41, 5.74) is 1.36. The Morgan fingerprint density at radius 1 is 1.30 bits per heavy atom. The molecule has 0 unspecified atom stereocenters. The van der Waals surface area contributed by atoms with E-state index in [2.05, 4.69) is 15.0 Å². The Bertz CT molecular complexity index is 396. The molecule has 0 amide bonds. The number of halogens is 4. The smallest absolute Gasteiger partial charge is 0.330 e. The fraction of sp³-hybridized carbons (Fsp3) is 0.615. The van der Waals surface area contributed by atoms with Crippen molar-refractivity contribution in [3.05, 3.63) is 29.6 Å². The topological polar surface area (TPSA) is 34.1 Å². The van der Waals surface area contributed by atoms with Crippen molar-refractivity contribution >= 4 is 0 Å². The van der Waals surface area contributed by atoms with Gasteiger partial charge in [0.1, 0.15) is 6.61 Å². The predicted octanol–water partition coefficient (Wildman–Crippen LogP) is 3.00. The number of ether oxygens (including phenoxy) is 1. The molecule has 1 N–H and O–H groups in total. The van der Waals surface area contributed by atoms with Crippen LogP contribution in [-0.2, 0) is 17.9 Å². The standard InChI is InChI=1S/C13H18F4N2O/c1-9(2)18-5-10-3-4-11(19-6-10)7-20-8-13(16,17)12(14)15/h3-4,6,9,12,18H,5,7-8H2,1-2H3. The molecule has 114 valence electrons. The molecule has 7 heteroatoms. The first-order valence-electron chi connectivity index (χ1n) is 6.22. The number of hydrogen-bond donors (Lipinski definition) is 1. The second-order valence-electron chi connectivity index (χ2n) is 4.75. The third kappa shape index (κ3) is 5.83. The molecule has 0 aromatic carbocycles. The van der Waals surface area contributed by atoms with Gasteiger partial charge in [0.2, 0.25) is 0 Å². The van der Waals surface area contributed by atoms with Crippen LogP contribution in [0.3, 0.4) is 0 Å². The zero-order chi connectivity index (χ0) is 15.2. The molecular formula is C13H18F4N2O. The van der Waals surface area contributed by atoms with Crippen LogP contribution in [0.2, 0.25) is 0 Å². The first kappa shape index (κ1) is 16.8. The molecule has 1 aromatic heterocycles. The predicted molar refractivity (Wildman–Crippen MR) is 66.8 cm³/mol. The van der Waals surface area contributed by atoms with Crippen molar-refractivity contribution in [2.24, 2.45) is 0 Å². The fourth-order valence-electron chi connectivity index (χ4n) is 1.32. The Balaban J connectivity index is 2.38. The summed E-state index contributed by atoms with van der Waals surface area (Å²) in [6.45, 7) is 3.14. The van der Waals surface area contributed by atoms with Crippen LogP contribution in [0.5, 0.6) is 0 Å². The molecule has 0 spiro atoms. The lowest BCUT2D eigenvalue weighted by Gasteiger charge is -2.15. The van der Waals surface area contributed by atoms with E-state index in [1.54, 1.807) is 18.3 Å². The van der Waals surface area contributed by atoms with Crippen LogP contribution in [0.25, 0.3) is 0 Å². The van der Waals surface area contributed by atoms with Crippen molar-refractivity contribution in [2.45, 2.75) is 45.4 Å². The maximum absolute atomic E-state index is 12.6. The third-order valence-corrected chi connectivity index (χ3v) is 2.46. The molecule has 0 aliphatic rings. The lowest BCUT2D eigenvalue weighted by Crippen LogP contribution is -2.32. The van der Waals surface area contributed by atoms with Gasteiger partial charge >= 0.3 is 12.3 Å². The molecule has 1 heterocycles.